The van der Waals surface area contributed by atoms with Crippen LogP contribution in [-0.4, -0.2) is 67.6 Å². The second-order valence-corrected chi connectivity index (χ2v) is 9.33. The average Bonchev–Trinajstić information content (AvgIpc) is 2.97. The molecule has 0 aliphatic carbocycles. The number of rotatable bonds is 12. The number of benzene rings is 2. The zero-order valence-corrected chi connectivity index (χ0v) is 23.0. The van der Waals surface area contributed by atoms with Crippen LogP contribution in [0.5, 0.6) is 5.75 Å². The molecule has 0 unspecified atom stereocenters. The number of aromatic nitrogens is 2. The third-order valence-corrected chi connectivity index (χ3v) is 6.63. The predicted molar refractivity (Wildman–Crippen MR) is 157 cm³/mol. The van der Waals surface area contributed by atoms with Crippen molar-refractivity contribution in [2.75, 3.05) is 61.2 Å². The van der Waals surface area contributed by atoms with E-state index in [1.54, 1.807) is 31.5 Å². The van der Waals surface area contributed by atoms with E-state index >= 15 is 0 Å². The number of likely N-dealkylation sites (N-methyl/N-ethyl adjacent to an activating group) is 1. The number of anilines is 6. The van der Waals surface area contributed by atoms with Crippen LogP contribution in [0.15, 0.2) is 61.3 Å². The van der Waals surface area contributed by atoms with Crippen molar-refractivity contribution in [2.24, 2.45) is 0 Å². The number of hydrogen-bond acceptors (Lipinski definition) is 10. The summed E-state index contributed by atoms with van der Waals surface area (Å²) in [6, 6.07) is 13.2. The van der Waals surface area contributed by atoms with Gasteiger partial charge >= 0.3 is 0 Å². The van der Waals surface area contributed by atoms with E-state index in [2.05, 4.69) is 50.4 Å². The first kappa shape index (κ1) is 28.4. The summed E-state index contributed by atoms with van der Waals surface area (Å²) in [5.41, 5.74) is 3.67. The van der Waals surface area contributed by atoms with Crippen LogP contribution in [0.4, 0.5) is 34.5 Å². The van der Waals surface area contributed by atoms with E-state index in [1.807, 2.05) is 25.1 Å². The summed E-state index contributed by atoms with van der Waals surface area (Å²) in [7, 11) is 3.76. The van der Waals surface area contributed by atoms with Gasteiger partial charge in [-0.05, 0) is 49.9 Å². The molecule has 3 N–H and O–H groups in total. The second-order valence-electron chi connectivity index (χ2n) is 9.33. The van der Waals surface area contributed by atoms with Crippen molar-refractivity contribution >= 4 is 46.9 Å². The predicted octanol–water partition coefficient (Wildman–Crippen LogP) is 4.47. The number of carbonyl (C=O) groups excluding carboxylic acids is 2. The fourth-order valence-electron chi connectivity index (χ4n) is 4.41. The Bertz CT molecular complexity index is 1340. The first-order valence-electron chi connectivity index (χ1n) is 13.1. The van der Waals surface area contributed by atoms with Gasteiger partial charge in [-0.15, -0.1) is 0 Å². The molecule has 0 saturated carbocycles. The van der Waals surface area contributed by atoms with E-state index in [-0.39, 0.29) is 5.91 Å². The molecule has 2 heterocycles. The van der Waals surface area contributed by atoms with E-state index in [9.17, 15) is 9.59 Å². The monoisotopic (exact) mass is 545 g/mol. The highest BCUT2D eigenvalue weighted by atomic mass is 16.5. The van der Waals surface area contributed by atoms with Crippen molar-refractivity contribution in [3.05, 3.63) is 66.9 Å². The highest BCUT2D eigenvalue weighted by Crippen LogP contribution is 2.34. The maximum absolute atomic E-state index is 11.8. The molecule has 1 atom stereocenters. The summed E-state index contributed by atoms with van der Waals surface area (Å²) in [6.45, 7) is 9.73. The minimum Gasteiger partial charge on any atom is -0.494 e. The van der Waals surface area contributed by atoms with Crippen LogP contribution in [0.2, 0.25) is 0 Å². The number of carbonyl (C=O) groups is 2. The lowest BCUT2D eigenvalue weighted by Crippen LogP contribution is -2.44. The SMILES string of the molecule is C=CC(=O)Nc1cccc(Nc2nc(Nc3ccc(N4CCN(C)CC4)cc3OC)ncc2[C@H](CC)OC=O)c1. The molecule has 1 amide bonds. The lowest BCUT2D eigenvalue weighted by molar-refractivity contribution is -0.134. The van der Waals surface area contributed by atoms with E-state index in [4.69, 9.17) is 14.5 Å². The van der Waals surface area contributed by atoms with Gasteiger partial charge < -0.3 is 35.2 Å². The Kier molecular flexibility index (Phi) is 9.53. The smallest absolute Gasteiger partial charge is 0.293 e. The topological polar surface area (TPSA) is 121 Å². The van der Waals surface area contributed by atoms with Gasteiger partial charge in [-0.25, -0.2) is 4.98 Å². The lowest BCUT2D eigenvalue weighted by Gasteiger charge is -2.34. The number of amides is 1. The first-order chi connectivity index (χ1) is 19.4. The summed E-state index contributed by atoms with van der Waals surface area (Å²) in [5, 5.41) is 9.28. The Morgan fingerprint density at radius 2 is 1.90 bits per heavy atom. The van der Waals surface area contributed by atoms with Crippen LogP contribution in [0.3, 0.4) is 0 Å². The number of ether oxygens (including phenoxy) is 2. The van der Waals surface area contributed by atoms with Crippen LogP contribution in [0.25, 0.3) is 0 Å². The zero-order chi connectivity index (χ0) is 28.5. The highest BCUT2D eigenvalue weighted by Gasteiger charge is 2.20. The molecular weight excluding hydrogens is 510 g/mol. The summed E-state index contributed by atoms with van der Waals surface area (Å²) < 4.78 is 11.0. The van der Waals surface area contributed by atoms with Gasteiger partial charge in [-0.1, -0.05) is 19.6 Å². The Morgan fingerprint density at radius 3 is 2.60 bits per heavy atom. The minimum absolute atomic E-state index is 0.315. The van der Waals surface area contributed by atoms with Gasteiger partial charge in [0, 0.05) is 55.5 Å². The third-order valence-electron chi connectivity index (χ3n) is 6.63. The molecule has 40 heavy (non-hydrogen) atoms. The molecule has 210 valence electrons. The molecule has 3 aromatic rings. The van der Waals surface area contributed by atoms with Crippen molar-refractivity contribution in [1.29, 1.82) is 0 Å². The van der Waals surface area contributed by atoms with Crippen LogP contribution < -0.4 is 25.6 Å². The fourth-order valence-corrected chi connectivity index (χ4v) is 4.41. The highest BCUT2D eigenvalue weighted by molar-refractivity contribution is 5.99. The van der Waals surface area contributed by atoms with E-state index in [0.29, 0.717) is 53.0 Å². The van der Waals surface area contributed by atoms with Gasteiger partial charge in [-0.3, -0.25) is 9.59 Å². The zero-order valence-electron chi connectivity index (χ0n) is 23.0. The molecular formula is C29H35N7O4. The van der Waals surface area contributed by atoms with Gasteiger partial charge in [0.25, 0.3) is 6.47 Å². The van der Waals surface area contributed by atoms with Crippen LogP contribution in [0, 0.1) is 0 Å². The van der Waals surface area contributed by atoms with Crippen molar-refractivity contribution in [2.45, 2.75) is 19.4 Å². The Labute approximate surface area is 234 Å². The quantitative estimate of drug-likeness (QED) is 0.222. The van der Waals surface area contributed by atoms with Crippen molar-refractivity contribution in [3.63, 3.8) is 0 Å². The van der Waals surface area contributed by atoms with E-state index < -0.39 is 6.10 Å². The van der Waals surface area contributed by atoms with Gasteiger partial charge in [0.2, 0.25) is 11.9 Å². The molecule has 2 aromatic carbocycles. The lowest BCUT2D eigenvalue weighted by atomic mass is 10.1. The maximum atomic E-state index is 11.8. The molecule has 1 aliphatic rings. The number of nitrogens with zero attached hydrogens (tertiary/aromatic N) is 4. The standard InChI is InChI=1S/C29H35N7O4/c1-5-25(40-19-37)23-18-30-29(34-28(23)32-21-9-7-8-20(16-21)31-27(38)6-2)33-24-11-10-22(17-26(24)39-4)36-14-12-35(3)13-15-36/h6-11,16-19,25H,2,5,12-15H2,1,3-4H3,(H,31,38)(H2,30,32,33,34)/t25-/m0/s1. The van der Waals surface area contributed by atoms with E-state index in [1.165, 1.54) is 6.08 Å². The van der Waals surface area contributed by atoms with Gasteiger partial charge in [-0.2, -0.15) is 4.98 Å². The molecule has 1 fully saturated rings. The number of nitrogens with one attached hydrogen (secondary N) is 3. The Morgan fingerprint density at radius 1 is 1.12 bits per heavy atom. The van der Waals surface area contributed by atoms with Gasteiger partial charge in [0.1, 0.15) is 17.7 Å². The van der Waals surface area contributed by atoms with Gasteiger partial charge in [0.15, 0.2) is 0 Å². The molecule has 0 spiro atoms. The Hall–Kier alpha value is -4.64. The molecule has 1 aliphatic heterocycles. The molecule has 1 aromatic heterocycles. The van der Waals surface area contributed by atoms with Crippen LogP contribution in [0.1, 0.15) is 25.0 Å². The third kappa shape index (κ3) is 7.06. The summed E-state index contributed by atoms with van der Waals surface area (Å²) >= 11 is 0. The second kappa shape index (κ2) is 13.4. The molecule has 11 heteroatoms. The maximum Gasteiger partial charge on any atom is 0.293 e. The normalized spacial score (nSPS) is 14.1. The van der Waals surface area contributed by atoms with Crippen molar-refractivity contribution < 1.29 is 19.1 Å². The largest absolute Gasteiger partial charge is 0.494 e. The van der Waals surface area contributed by atoms with E-state index in [0.717, 1.165) is 31.9 Å². The average molecular weight is 546 g/mol. The first-order valence-corrected chi connectivity index (χ1v) is 13.1. The number of piperazine rings is 1. The van der Waals surface area contributed by atoms with Crippen molar-refractivity contribution in [1.82, 2.24) is 14.9 Å². The van der Waals surface area contributed by atoms with Crippen LogP contribution >= 0.6 is 0 Å². The fraction of sp³-hybridized carbons (Fsp3) is 0.310. The minimum atomic E-state index is -0.546. The summed E-state index contributed by atoms with van der Waals surface area (Å²) in [4.78, 5) is 36.8. The number of methoxy groups -OCH3 is 1. The molecule has 0 radical (unpaired) electrons. The van der Waals surface area contributed by atoms with Gasteiger partial charge in [0.05, 0.1) is 18.4 Å². The molecule has 4 rings (SSSR count). The molecule has 11 nitrogen and oxygen atoms in total. The molecule has 1 saturated heterocycles. The number of hydrogen-bond donors (Lipinski definition) is 3. The van der Waals surface area contributed by atoms with Crippen LogP contribution in [-0.2, 0) is 14.3 Å². The Balaban J connectivity index is 1.62. The summed E-state index contributed by atoms with van der Waals surface area (Å²) in [6.07, 6.45) is 2.81. The summed E-state index contributed by atoms with van der Waals surface area (Å²) in [5.74, 6) is 1.13. The van der Waals surface area contributed by atoms with Crippen molar-refractivity contribution in [3.8, 4) is 5.75 Å². The molecule has 0 bridgehead atoms.